The van der Waals surface area contributed by atoms with Gasteiger partial charge in [0.2, 0.25) is 0 Å². The van der Waals surface area contributed by atoms with Gasteiger partial charge in [-0.2, -0.15) is 0 Å². The molecule has 2 aliphatic heterocycles. The molecule has 1 unspecified atom stereocenters. The predicted octanol–water partition coefficient (Wildman–Crippen LogP) is 4.33. The Labute approximate surface area is 202 Å². The summed E-state index contributed by atoms with van der Waals surface area (Å²) in [6, 6.07) is 11.0. The molecule has 0 bridgehead atoms. The number of hydrogen-bond acceptors (Lipinski definition) is 6. The highest BCUT2D eigenvalue weighted by atomic mass is 16.6. The summed E-state index contributed by atoms with van der Waals surface area (Å²) < 4.78 is 24.9. The van der Waals surface area contributed by atoms with Crippen molar-refractivity contribution >= 4 is 5.97 Å². The molecule has 0 aliphatic carbocycles. The van der Waals surface area contributed by atoms with E-state index in [1.165, 1.54) is 12.3 Å². The normalized spacial score (nSPS) is 15.8. The third-order valence-corrected chi connectivity index (χ3v) is 6.53. The van der Waals surface area contributed by atoms with Crippen LogP contribution in [0.2, 0.25) is 0 Å². The van der Waals surface area contributed by atoms with Crippen molar-refractivity contribution in [2.24, 2.45) is 5.92 Å². The minimum atomic E-state index is -1.22. The molecule has 0 saturated heterocycles. The van der Waals surface area contributed by atoms with Gasteiger partial charge < -0.3 is 28.6 Å². The van der Waals surface area contributed by atoms with Gasteiger partial charge in [0.25, 0.3) is 0 Å². The summed E-state index contributed by atoms with van der Waals surface area (Å²) in [4.78, 5) is 24.1. The minimum Gasteiger partial charge on any atom is -0.493 e. The first kappa shape index (κ1) is 22.8. The molecule has 8 nitrogen and oxygen atoms in total. The van der Waals surface area contributed by atoms with Crippen molar-refractivity contribution in [2.75, 3.05) is 20.3 Å². The topological polar surface area (TPSA) is 96.2 Å². The number of pyridine rings is 1. The van der Waals surface area contributed by atoms with Crippen LogP contribution >= 0.6 is 0 Å². The second-order valence-corrected chi connectivity index (χ2v) is 9.09. The first-order valence-electron chi connectivity index (χ1n) is 11.6. The minimum absolute atomic E-state index is 0.00441. The molecule has 2 aromatic carbocycles. The second kappa shape index (κ2) is 9.02. The fourth-order valence-electron chi connectivity index (χ4n) is 4.70. The molecule has 0 amide bonds. The Kier molecular flexibility index (Phi) is 5.88. The van der Waals surface area contributed by atoms with Gasteiger partial charge in [-0.25, -0.2) is 4.79 Å². The van der Waals surface area contributed by atoms with E-state index < -0.39 is 11.4 Å². The van der Waals surface area contributed by atoms with Crippen LogP contribution in [0.1, 0.15) is 41.4 Å². The van der Waals surface area contributed by atoms with E-state index in [2.05, 4.69) is 13.8 Å². The first-order valence-corrected chi connectivity index (χ1v) is 11.6. The molecule has 5 rings (SSSR count). The Morgan fingerprint density at radius 3 is 2.60 bits per heavy atom. The maximum atomic E-state index is 12.5. The molecule has 0 radical (unpaired) electrons. The van der Waals surface area contributed by atoms with Gasteiger partial charge in [-0.15, -0.1) is 0 Å². The Balaban J connectivity index is 1.51. The zero-order valence-corrected chi connectivity index (χ0v) is 19.9. The smallest absolute Gasteiger partial charge is 0.341 e. The molecule has 0 fully saturated rings. The Morgan fingerprint density at radius 1 is 1.11 bits per heavy atom. The number of nitrogens with zero attached hydrogens (tertiary/aromatic N) is 1. The molecule has 0 saturated carbocycles. The van der Waals surface area contributed by atoms with Gasteiger partial charge in [0.1, 0.15) is 25.4 Å². The van der Waals surface area contributed by atoms with Crippen molar-refractivity contribution in [3.63, 3.8) is 0 Å². The first-order chi connectivity index (χ1) is 16.9. The standard InChI is InChI=1S/C27H27NO7/c1-15(2)20-9-17-10-26(35-14-16-4-5-23-25(8-16)34-7-6-33-23)24(32-3)11-18(17)21-12-22(29)19(27(30)31)13-28(20)21/h4-5,8,10-13,15,20H,6-7,9,14H2,1-3H3,(H,30,31). The van der Waals surface area contributed by atoms with E-state index in [0.717, 1.165) is 22.4 Å². The van der Waals surface area contributed by atoms with Crippen molar-refractivity contribution in [3.8, 4) is 34.3 Å². The number of carbonyl (C=O) groups is 1. The van der Waals surface area contributed by atoms with Gasteiger partial charge >= 0.3 is 5.97 Å². The monoisotopic (exact) mass is 477 g/mol. The number of hydrogen-bond donors (Lipinski definition) is 1. The van der Waals surface area contributed by atoms with Crippen molar-refractivity contribution in [1.29, 1.82) is 0 Å². The number of rotatable bonds is 6. The summed E-state index contributed by atoms with van der Waals surface area (Å²) in [6.07, 6.45) is 2.14. The number of carboxylic acids is 1. The van der Waals surface area contributed by atoms with Crippen molar-refractivity contribution in [3.05, 3.63) is 69.5 Å². The third kappa shape index (κ3) is 4.20. The summed E-state index contributed by atoms with van der Waals surface area (Å²) >= 11 is 0. The van der Waals surface area contributed by atoms with Crippen LogP contribution in [0.5, 0.6) is 23.0 Å². The molecule has 1 N–H and O–H groups in total. The SMILES string of the molecule is COc1cc2c(cc1OCc1ccc3c(c1)OCCO3)CC(C(C)C)n1cc(C(=O)O)c(=O)cc1-2. The van der Waals surface area contributed by atoms with Crippen LogP contribution in [0.3, 0.4) is 0 Å². The summed E-state index contributed by atoms with van der Waals surface area (Å²) in [5.41, 5.74) is 2.72. The van der Waals surface area contributed by atoms with Gasteiger partial charge in [0.05, 0.1) is 12.8 Å². The highest BCUT2D eigenvalue weighted by Crippen LogP contribution is 2.43. The molecular weight excluding hydrogens is 450 g/mol. The van der Waals surface area contributed by atoms with Gasteiger partial charge in [-0.1, -0.05) is 19.9 Å². The van der Waals surface area contributed by atoms with Gasteiger partial charge in [0, 0.05) is 23.9 Å². The Hall–Kier alpha value is -3.94. The van der Waals surface area contributed by atoms with Crippen LogP contribution < -0.4 is 24.4 Å². The summed E-state index contributed by atoms with van der Waals surface area (Å²) in [5.74, 6) is 1.56. The van der Waals surface area contributed by atoms with Crippen LogP contribution in [-0.4, -0.2) is 36.0 Å². The summed E-state index contributed by atoms with van der Waals surface area (Å²) in [6.45, 7) is 5.55. The number of fused-ring (bicyclic) bond motifs is 4. The van der Waals surface area contributed by atoms with Crippen LogP contribution in [0.15, 0.2) is 47.4 Å². The number of methoxy groups -OCH3 is 1. The van der Waals surface area contributed by atoms with Crippen LogP contribution in [0.25, 0.3) is 11.3 Å². The van der Waals surface area contributed by atoms with E-state index in [1.807, 2.05) is 34.9 Å². The Bertz CT molecular complexity index is 1360. The van der Waals surface area contributed by atoms with E-state index in [0.29, 0.717) is 49.2 Å². The maximum Gasteiger partial charge on any atom is 0.341 e. The van der Waals surface area contributed by atoms with Crippen molar-refractivity contribution in [1.82, 2.24) is 4.57 Å². The molecule has 3 heterocycles. The molecule has 2 aliphatic rings. The zero-order valence-electron chi connectivity index (χ0n) is 19.9. The van der Waals surface area contributed by atoms with Crippen molar-refractivity contribution < 1.29 is 28.8 Å². The predicted molar refractivity (Wildman–Crippen MR) is 129 cm³/mol. The summed E-state index contributed by atoms with van der Waals surface area (Å²) in [7, 11) is 1.57. The molecular formula is C27H27NO7. The zero-order chi connectivity index (χ0) is 24.7. The molecule has 3 aromatic rings. The fraction of sp³-hybridized carbons (Fsp3) is 0.333. The van der Waals surface area contributed by atoms with E-state index in [1.54, 1.807) is 7.11 Å². The maximum absolute atomic E-state index is 12.5. The van der Waals surface area contributed by atoms with E-state index in [-0.39, 0.29) is 17.5 Å². The second-order valence-electron chi connectivity index (χ2n) is 9.09. The van der Waals surface area contributed by atoms with Gasteiger partial charge in [-0.3, -0.25) is 4.79 Å². The molecule has 182 valence electrons. The number of aromatic nitrogens is 1. The number of ether oxygens (including phenoxy) is 4. The highest BCUT2D eigenvalue weighted by molar-refractivity contribution is 5.88. The lowest BCUT2D eigenvalue weighted by Crippen LogP contribution is -2.28. The number of aromatic carboxylic acids is 1. The molecule has 0 spiro atoms. The lowest BCUT2D eigenvalue weighted by Gasteiger charge is -2.33. The largest absolute Gasteiger partial charge is 0.493 e. The number of carboxylic acid groups (broad SMARTS) is 1. The van der Waals surface area contributed by atoms with Crippen LogP contribution in [0, 0.1) is 5.92 Å². The van der Waals surface area contributed by atoms with E-state index in [4.69, 9.17) is 18.9 Å². The average molecular weight is 478 g/mol. The number of benzene rings is 2. The molecule has 1 aromatic heterocycles. The third-order valence-electron chi connectivity index (χ3n) is 6.53. The summed E-state index contributed by atoms with van der Waals surface area (Å²) in [5, 5.41) is 9.46. The van der Waals surface area contributed by atoms with Crippen molar-refractivity contribution in [2.45, 2.75) is 32.9 Å². The van der Waals surface area contributed by atoms with Gasteiger partial charge in [-0.05, 0) is 47.7 Å². The Morgan fingerprint density at radius 2 is 1.89 bits per heavy atom. The van der Waals surface area contributed by atoms with E-state index >= 15 is 0 Å². The fourth-order valence-corrected chi connectivity index (χ4v) is 4.70. The molecule has 1 atom stereocenters. The lowest BCUT2D eigenvalue weighted by atomic mass is 9.87. The average Bonchev–Trinajstić information content (AvgIpc) is 2.85. The van der Waals surface area contributed by atoms with Crippen LogP contribution in [-0.2, 0) is 13.0 Å². The van der Waals surface area contributed by atoms with E-state index in [9.17, 15) is 14.7 Å². The van der Waals surface area contributed by atoms with Gasteiger partial charge in [0.15, 0.2) is 28.4 Å². The molecule has 8 heteroatoms. The quantitative estimate of drug-likeness (QED) is 0.565. The lowest BCUT2D eigenvalue weighted by molar-refractivity contribution is 0.0694. The molecule has 35 heavy (non-hydrogen) atoms. The van der Waals surface area contributed by atoms with Crippen LogP contribution in [0.4, 0.5) is 0 Å². The highest BCUT2D eigenvalue weighted by Gasteiger charge is 2.29.